The van der Waals surface area contributed by atoms with Crippen molar-refractivity contribution in [2.24, 2.45) is 0 Å². The minimum atomic E-state index is -0.372. The van der Waals surface area contributed by atoms with Crippen molar-refractivity contribution >= 4 is 12.2 Å². The number of rotatable bonds is 1. The fourth-order valence-electron chi connectivity index (χ4n) is 4.96. The van der Waals surface area contributed by atoms with Gasteiger partial charge in [-0.15, -0.1) is 0 Å². The molecule has 31 heavy (non-hydrogen) atoms. The van der Waals surface area contributed by atoms with Crippen molar-refractivity contribution in [2.45, 2.75) is 50.9 Å². The van der Waals surface area contributed by atoms with Crippen molar-refractivity contribution < 1.29 is 23.7 Å². The lowest BCUT2D eigenvalue weighted by Gasteiger charge is -2.34. The van der Waals surface area contributed by atoms with Crippen LogP contribution >= 0.6 is 0 Å². The van der Waals surface area contributed by atoms with Crippen molar-refractivity contribution in [3.8, 4) is 28.7 Å². The van der Waals surface area contributed by atoms with Crippen molar-refractivity contribution in [3.05, 3.63) is 52.6 Å². The first-order valence-corrected chi connectivity index (χ1v) is 10.7. The molecule has 4 aliphatic heterocycles. The van der Waals surface area contributed by atoms with Crippen molar-refractivity contribution in [1.82, 2.24) is 0 Å². The minimum Gasteiger partial charge on any atom is -0.495 e. The number of benzene rings is 2. The van der Waals surface area contributed by atoms with Gasteiger partial charge >= 0.3 is 0 Å². The van der Waals surface area contributed by atoms with E-state index in [4.69, 9.17) is 23.7 Å². The fraction of sp³-hybridized carbons (Fsp3) is 0.385. The Kier molecular flexibility index (Phi) is 3.61. The Labute approximate surface area is 182 Å². The summed E-state index contributed by atoms with van der Waals surface area (Å²) >= 11 is 0. The maximum absolute atomic E-state index is 6.62. The number of hydrogen-bond donors (Lipinski definition) is 0. The van der Waals surface area contributed by atoms with E-state index in [9.17, 15) is 0 Å². The van der Waals surface area contributed by atoms with Crippen LogP contribution in [-0.2, 0) is 0 Å². The van der Waals surface area contributed by atoms with E-state index in [0.29, 0.717) is 6.61 Å². The number of fused-ring (bicyclic) bond motifs is 8. The van der Waals surface area contributed by atoms with Gasteiger partial charge in [-0.1, -0.05) is 6.07 Å². The fourth-order valence-corrected chi connectivity index (χ4v) is 4.96. The van der Waals surface area contributed by atoms with E-state index in [-0.39, 0.29) is 23.2 Å². The van der Waals surface area contributed by atoms with Gasteiger partial charge in [0, 0.05) is 11.6 Å². The lowest BCUT2D eigenvalue weighted by Crippen LogP contribution is -2.29. The van der Waals surface area contributed by atoms with Gasteiger partial charge in [0.2, 0.25) is 0 Å². The Morgan fingerprint density at radius 1 is 0.903 bits per heavy atom. The van der Waals surface area contributed by atoms with E-state index in [1.807, 2.05) is 26.0 Å². The zero-order chi connectivity index (χ0) is 21.5. The molecular formula is C26H26O5. The lowest BCUT2D eigenvalue weighted by molar-refractivity contribution is 0.129. The molecule has 0 fully saturated rings. The largest absolute Gasteiger partial charge is 0.495 e. The highest BCUT2D eigenvalue weighted by Crippen LogP contribution is 2.58. The van der Waals surface area contributed by atoms with Crippen LogP contribution in [0.2, 0.25) is 0 Å². The van der Waals surface area contributed by atoms with Crippen LogP contribution in [0.1, 0.15) is 62.0 Å². The zero-order valence-corrected chi connectivity index (χ0v) is 18.4. The molecule has 4 heterocycles. The molecule has 0 radical (unpaired) electrons. The summed E-state index contributed by atoms with van der Waals surface area (Å²) in [6.07, 6.45) is 8.13. The molecule has 0 spiro atoms. The summed E-state index contributed by atoms with van der Waals surface area (Å²) in [4.78, 5) is 0. The van der Waals surface area contributed by atoms with E-state index in [0.717, 1.165) is 51.0 Å². The Morgan fingerprint density at radius 3 is 2.35 bits per heavy atom. The molecule has 0 amide bonds. The van der Waals surface area contributed by atoms with Gasteiger partial charge in [0.05, 0.1) is 36.3 Å². The molecule has 0 saturated carbocycles. The van der Waals surface area contributed by atoms with Crippen LogP contribution in [0.4, 0.5) is 0 Å². The first-order chi connectivity index (χ1) is 14.8. The summed E-state index contributed by atoms with van der Waals surface area (Å²) in [5.74, 6) is 4.10. The van der Waals surface area contributed by atoms with Crippen LogP contribution in [-0.4, -0.2) is 24.9 Å². The Bertz CT molecular complexity index is 1170. The number of hydrogen-bond acceptors (Lipinski definition) is 5. The Balaban J connectivity index is 1.48. The van der Waals surface area contributed by atoms with Crippen LogP contribution in [0.3, 0.4) is 0 Å². The van der Waals surface area contributed by atoms with Crippen LogP contribution in [0, 0.1) is 0 Å². The van der Waals surface area contributed by atoms with Gasteiger partial charge in [0.25, 0.3) is 0 Å². The Hall–Kier alpha value is -3.08. The summed E-state index contributed by atoms with van der Waals surface area (Å²) in [5, 5.41) is 0. The molecular weight excluding hydrogens is 392 g/mol. The monoisotopic (exact) mass is 418 g/mol. The first-order valence-electron chi connectivity index (χ1n) is 10.7. The summed E-state index contributed by atoms with van der Waals surface area (Å²) < 4.78 is 31.1. The maximum atomic E-state index is 6.62. The highest BCUT2D eigenvalue weighted by Gasteiger charge is 2.45. The van der Waals surface area contributed by atoms with Crippen LogP contribution in [0.5, 0.6) is 28.7 Å². The van der Waals surface area contributed by atoms with E-state index >= 15 is 0 Å². The van der Waals surface area contributed by atoms with E-state index in [1.165, 1.54) is 0 Å². The second kappa shape index (κ2) is 6.00. The Morgan fingerprint density at radius 2 is 1.61 bits per heavy atom. The van der Waals surface area contributed by atoms with E-state index in [2.05, 4.69) is 44.2 Å². The van der Waals surface area contributed by atoms with Gasteiger partial charge in [-0.3, -0.25) is 0 Å². The highest BCUT2D eigenvalue weighted by atomic mass is 16.5. The molecule has 0 aromatic heterocycles. The van der Waals surface area contributed by atoms with Crippen LogP contribution in [0.25, 0.3) is 12.2 Å². The molecule has 2 unspecified atom stereocenters. The molecule has 4 aliphatic rings. The molecule has 0 N–H and O–H groups in total. The molecule has 160 valence electrons. The zero-order valence-electron chi connectivity index (χ0n) is 18.4. The quantitative estimate of drug-likeness (QED) is 0.597. The lowest BCUT2D eigenvalue weighted by atomic mass is 9.86. The third-order valence-corrected chi connectivity index (χ3v) is 6.43. The third kappa shape index (κ3) is 2.68. The van der Waals surface area contributed by atoms with Crippen molar-refractivity contribution in [1.29, 1.82) is 0 Å². The van der Waals surface area contributed by atoms with E-state index < -0.39 is 0 Å². The molecule has 6 rings (SSSR count). The normalized spacial score (nSPS) is 24.8. The maximum Gasteiger partial charge on any atom is 0.141 e. The van der Waals surface area contributed by atoms with Gasteiger partial charge in [-0.2, -0.15) is 0 Å². The van der Waals surface area contributed by atoms with Crippen LogP contribution in [0.15, 0.2) is 30.4 Å². The summed E-state index contributed by atoms with van der Waals surface area (Å²) in [6.45, 7) is 8.71. The average Bonchev–Trinajstić information content (AvgIpc) is 3.09. The van der Waals surface area contributed by atoms with Gasteiger partial charge < -0.3 is 23.7 Å². The van der Waals surface area contributed by atoms with E-state index in [1.54, 1.807) is 7.11 Å². The molecule has 5 nitrogen and oxygen atoms in total. The second-order valence-electron chi connectivity index (χ2n) is 9.66. The SMILES string of the molecule is COc1c2c(cc3c1C1Oc4c(ccc5c4C=CC(C)(C)O5)C1CO3)OC(C)(C)C=C2. The minimum absolute atomic E-state index is 0.0908. The average molecular weight is 418 g/mol. The first kappa shape index (κ1) is 18.7. The number of methoxy groups -OCH3 is 1. The second-order valence-corrected chi connectivity index (χ2v) is 9.66. The molecule has 5 heteroatoms. The molecule has 2 aromatic carbocycles. The van der Waals surface area contributed by atoms with Gasteiger partial charge in [-0.25, -0.2) is 0 Å². The predicted molar refractivity (Wildman–Crippen MR) is 119 cm³/mol. The smallest absolute Gasteiger partial charge is 0.141 e. The molecule has 0 bridgehead atoms. The molecule has 0 saturated heterocycles. The third-order valence-electron chi connectivity index (χ3n) is 6.43. The van der Waals surface area contributed by atoms with Gasteiger partial charge in [-0.05, 0) is 58.1 Å². The summed E-state index contributed by atoms with van der Waals surface area (Å²) in [5.41, 5.74) is 3.31. The molecule has 2 atom stereocenters. The molecule has 0 aliphatic carbocycles. The standard InChI is InChI=1S/C26H26O5/c1-25(2)10-8-15-18(30-25)7-6-14-17-13-28-20-12-19-16(9-11-26(3,4)31-19)23(27-5)21(20)24(17)29-22(14)15/h6-12,17,24H,13H2,1-5H3. The summed E-state index contributed by atoms with van der Waals surface area (Å²) in [7, 11) is 1.69. The highest BCUT2D eigenvalue weighted by molar-refractivity contribution is 5.75. The van der Waals surface area contributed by atoms with Crippen LogP contribution < -0.4 is 23.7 Å². The van der Waals surface area contributed by atoms with Gasteiger partial charge in [0.15, 0.2) is 0 Å². The van der Waals surface area contributed by atoms with Crippen molar-refractivity contribution in [3.63, 3.8) is 0 Å². The number of ether oxygens (including phenoxy) is 5. The summed E-state index contributed by atoms with van der Waals surface area (Å²) in [6, 6.07) is 6.13. The predicted octanol–water partition coefficient (Wildman–Crippen LogP) is 5.67. The van der Waals surface area contributed by atoms with Crippen molar-refractivity contribution in [2.75, 3.05) is 13.7 Å². The van der Waals surface area contributed by atoms with Gasteiger partial charge in [0.1, 0.15) is 46.1 Å². The topological polar surface area (TPSA) is 46.2 Å². The molecule has 2 aromatic rings.